The molecule has 10 nitrogen and oxygen atoms in total. The van der Waals surface area contributed by atoms with Crippen molar-refractivity contribution in [2.45, 2.75) is 38.5 Å². The van der Waals surface area contributed by atoms with E-state index >= 15 is 0 Å². The SMILES string of the molecule is O=[N+]([O-])c1cccc(N=C(N2CCCCC2)N(C(=S)N2CCCCC2)c2cccc([N+](=O)[O-])c2)c1. The van der Waals surface area contributed by atoms with Gasteiger partial charge in [-0.2, -0.15) is 0 Å². The summed E-state index contributed by atoms with van der Waals surface area (Å²) in [7, 11) is 0. The molecule has 0 radical (unpaired) electrons. The van der Waals surface area contributed by atoms with Crippen LogP contribution in [0.3, 0.4) is 0 Å². The Bertz CT molecular complexity index is 1130. The number of rotatable bonds is 4. The number of piperidine rings is 2. The highest BCUT2D eigenvalue weighted by molar-refractivity contribution is 7.80. The predicted octanol–water partition coefficient (Wildman–Crippen LogP) is 5.25. The molecule has 0 bridgehead atoms. The van der Waals surface area contributed by atoms with Crippen LogP contribution in [0.2, 0.25) is 0 Å². The highest BCUT2D eigenvalue weighted by Gasteiger charge is 2.30. The van der Waals surface area contributed by atoms with Crippen molar-refractivity contribution in [1.29, 1.82) is 0 Å². The molecule has 2 aromatic rings. The molecule has 2 aromatic carbocycles. The molecule has 0 aromatic heterocycles. The van der Waals surface area contributed by atoms with Crippen LogP contribution in [-0.2, 0) is 0 Å². The molecule has 2 saturated heterocycles. The molecule has 0 spiro atoms. The van der Waals surface area contributed by atoms with Gasteiger partial charge in [-0.1, -0.05) is 12.1 Å². The third-order valence-corrected chi connectivity index (χ3v) is 6.67. The zero-order valence-corrected chi connectivity index (χ0v) is 20.2. The molecule has 0 saturated carbocycles. The van der Waals surface area contributed by atoms with Crippen LogP contribution in [0.1, 0.15) is 38.5 Å². The molecule has 2 heterocycles. The number of aliphatic imine (C=N–C) groups is 1. The van der Waals surface area contributed by atoms with Crippen molar-refractivity contribution in [2.24, 2.45) is 4.99 Å². The fourth-order valence-electron chi connectivity index (χ4n) is 4.43. The quantitative estimate of drug-likeness (QED) is 0.186. The Balaban J connectivity index is 1.85. The Hall–Kier alpha value is -3.60. The minimum Gasteiger partial charge on any atom is -0.348 e. The molecule has 2 aliphatic heterocycles. The molecule has 0 unspecified atom stereocenters. The fourth-order valence-corrected chi connectivity index (χ4v) is 4.80. The van der Waals surface area contributed by atoms with E-state index in [0.717, 1.165) is 64.7 Å². The van der Waals surface area contributed by atoms with Crippen LogP contribution >= 0.6 is 12.2 Å². The molecule has 2 fully saturated rings. The first kappa shape index (κ1) is 24.5. The normalized spacial score (nSPS) is 16.6. The topological polar surface area (TPSA) is 108 Å². The van der Waals surface area contributed by atoms with Gasteiger partial charge in [-0.15, -0.1) is 0 Å². The summed E-state index contributed by atoms with van der Waals surface area (Å²) in [6, 6.07) is 12.6. The lowest BCUT2D eigenvalue weighted by Crippen LogP contribution is -2.54. The number of likely N-dealkylation sites (tertiary alicyclic amines) is 2. The summed E-state index contributed by atoms with van der Waals surface area (Å²) in [5, 5.41) is 23.4. The van der Waals surface area contributed by atoms with Crippen molar-refractivity contribution in [3.05, 3.63) is 68.8 Å². The maximum atomic E-state index is 11.6. The number of benzene rings is 2. The smallest absolute Gasteiger partial charge is 0.271 e. The van der Waals surface area contributed by atoms with Gasteiger partial charge in [-0.25, -0.2) is 4.99 Å². The van der Waals surface area contributed by atoms with Crippen molar-refractivity contribution in [2.75, 3.05) is 31.1 Å². The molecule has 0 aliphatic carbocycles. The summed E-state index contributed by atoms with van der Waals surface area (Å²) in [6.07, 6.45) is 6.24. The summed E-state index contributed by atoms with van der Waals surface area (Å²) >= 11 is 5.98. The van der Waals surface area contributed by atoms with E-state index in [0.29, 0.717) is 22.4 Å². The summed E-state index contributed by atoms with van der Waals surface area (Å²) in [6.45, 7) is 3.10. The van der Waals surface area contributed by atoms with Crippen LogP contribution in [0.5, 0.6) is 0 Å². The van der Waals surface area contributed by atoms with Gasteiger partial charge in [0, 0.05) is 50.4 Å². The zero-order valence-electron chi connectivity index (χ0n) is 19.4. The number of nitrogens with zero attached hydrogens (tertiary/aromatic N) is 6. The average molecular weight is 497 g/mol. The number of nitro groups is 2. The van der Waals surface area contributed by atoms with Crippen molar-refractivity contribution in [3.63, 3.8) is 0 Å². The van der Waals surface area contributed by atoms with Crippen LogP contribution in [0.4, 0.5) is 22.7 Å². The van der Waals surface area contributed by atoms with Gasteiger partial charge >= 0.3 is 0 Å². The van der Waals surface area contributed by atoms with Gasteiger partial charge in [0.25, 0.3) is 11.4 Å². The lowest BCUT2D eigenvalue weighted by Gasteiger charge is -2.40. The molecular weight excluding hydrogens is 468 g/mol. The minimum atomic E-state index is -0.448. The third-order valence-electron chi connectivity index (χ3n) is 6.23. The van der Waals surface area contributed by atoms with Crippen molar-refractivity contribution >= 4 is 46.0 Å². The molecule has 2 aliphatic rings. The van der Waals surface area contributed by atoms with Crippen LogP contribution in [-0.4, -0.2) is 56.9 Å². The molecule has 11 heteroatoms. The minimum absolute atomic E-state index is 0.0395. The first-order valence-electron chi connectivity index (χ1n) is 11.9. The van der Waals surface area contributed by atoms with E-state index in [-0.39, 0.29) is 11.4 Å². The maximum Gasteiger partial charge on any atom is 0.271 e. The lowest BCUT2D eigenvalue weighted by molar-refractivity contribution is -0.385. The third kappa shape index (κ3) is 5.91. The monoisotopic (exact) mass is 496 g/mol. The second-order valence-electron chi connectivity index (χ2n) is 8.68. The first-order chi connectivity index (χ1) is 16.9. The summed E-state index contributed by atoms with van der Waals surface area (Å²) < 4.78 is 0. The van der Waals surface area contributed by atoms with Crippen molar-refractivity contribution < 1.29 is 9.85 Å². The van der Waals surface area contributed by atoms with Gasteiger partial charge in [-0.05, 0) is 62.9 Å². The van der Waals surface area contributed by atoms with Gasteiger partial charge in [-0.3, -0.25) is 25.1 Å². The molecule has 0 atom stereocenters. The van der Waals surface area contributed by atoms with Gasteiger partial charge in [0.2, 0.25) is 5.96 Å². The second kappa shape index (κ2) is 11.2. The number of hydrogen-bond donors (Lipinski definition) is 0. The number of hydrogen-bond acceptors (Lipinski definition) is 6. The number of nitro benzene ring substituents is 2. The summed E-state index contributed by atoms with van der Waals surface area (Å²) in [5.41, 5.74) is 0.883. The van der Waals surface area contributed by atoms with Crippen LogP contribution in [0, 0.1) is 20.2 Å². The van der Waals surface area contributed by atoms with E-state index in [1.807, 2.05) is 0 Å². The molecule has 4 rings (SSSR count). The Morgan fingerprint density at radius 2 is 1.34 bits per heavy atom. The molecule has 0 N–H and O–H groups in total. The van der Waals surface area contributed by atoms with Gasteiger partial charge in [0.15, 0.2) is 5.11 Å². The maximum absolute atomic E-state index is 11.6. The van der Waals surface area contributed by atoms with E-state index in [2.05, 4.69) is 9.80 Å². The van der Waals surface area contributed by atoms with E-state index in [9.17, 15) is 20.2 Å². The second-order valence-corrected chi connectivity index (χ2v) is 9.04. The Labute approximate surface area is 209 Å². The largest absolute Gasteiger partial charge is 0.348 e. The highest BCUT2D eigenvalue weighted by atomic mass is 32.1. The van der Waals surface area contributed by atoms with Gasteiger partial charge < -0.3 is 9.80 Å². The Kier molecular flexibility index (Phi) is 7.86. The molecule has 184 valence electrons. The summed E-state index contributed by atoms with van der Waals surface area (Å²) in [5.74, 6) is 0.529. The van der Waals surface area contributed by atoms with Crippen molar-refractivity contribution in [1.82, 2.24) is 9.80 Å². The van der Waals surface area contributed by atoms with E-state index in [1.54, 1.807) is 29.2 Å². The summed E-state index contributed by atoms with van der Waals surface area (Å²) in [4.78, 5) is 32.9. The van der Waals surface area contributed by atoms with Crippen LogP contribution < -0.4 is 4.90 Å². The molecule has 35 heavy (non-hydrogen) atoms. The standard InChI is InChI=1S/C24H28N6O4S/c31-29(32)21-11-7-9-19(17-21)25-23(26-13-3-1-4-14-26)28(24(35)27-15-5-2-6-16-27)20-10-8-12-22(18-20)30(33)34/h7-12,17-18H,1-6,13-16H2. The number of thiocarbonyl (C=S) groups is 1. The highest BCUT2D eigenvalue weighted by Crippen LogP contribution is 2.28. The first-order valence-corrected chi connectivity index (χ1v) is 12.3. The van der Waals surface area contributed by atoms with Crippen LogP contribution in [0.15, 0.2) is 53.5 Å². The van der Waals surface area contributed by atoms with E-state index < -0.39 is 9.85 Å². The number of guanidine groups is 1. The number of non-ortho nitro benzene ring substituents is 2. The van der Waals surface area contributed by atoms with E-state index in [4.69, 9.17) is 17.2 Å². The van der Waals surface area contributed by atoms with Gasteiger partial charge in [0.05, 0.1) is 21.2 Å². The van der Waals surface area contributed by atoms with Crippen molar-refractivity contribution in [3.8, 4) is 0 Å². The molecular formula is C24H28N6O4S. The predicted molar refractivity (Wildman–Crippen MR) is 139 cm³/mol. The fraction of sp³-hybridized carbons (Fsp3) is 0.417. The van der Waals surface area contributed by atoms with Crippen LogP contribution in [0.25, 0.3) is 0 Å². The van der Waals surface area contributed by atoms with E-state index in [1.165, 1.54) is 24.3 Å². The Morgan fingerprint density at radius 1 is 0.800 bits per heavy atom. The average Bonchev–Trinajstić information content (AvgIpc) is 2.89. The molecule has 0 amide bonds. The zero-order chi connectivity index (χ0) is 24.8. The van der Waals surface area contributed by atoms with Gasteiger partial charge in [0.1, 0.15) is 0 Å². The Morgan fingerprint density at radius 3 is 1.94 bits per heavy atom. The number of anilines is 1. The lowest BCUT2D eigenvalue weighted by atomic mass is 10.1.